The molecule has 1 atom stereocenters. The van der Waals surface area contributed by atoms with Crippen LogP contribution < -0.4 is 20.3 Å². The van der Waals surface area contributed by atoms with Gasteiger partial charge >= 0.3 is 5.97 Å². The van der Waals surface area contributed by atoms with E-state index in [1.54, 1.807) is 4.90 Å². The summed E-state index contributed by atoms with van der Waals surface area (Å²) in [5, 5.41) is 24.4. The molecule has 1 aromatic rings. The number of ether oxygens (including phenoxy) is 1. The lowest BCUT2D eigenvalue weighted by Gasteiger charge is -2.38. The fourth-order valence-corrected chi connectivity index (χ4v) is 3.71. The molecule has 9 nitrogen and oxygen atoms in total. The van der Waals surface area contributed by atoms with Gasteiger partial charge in [-0.25, -0.2) is 4.39 Å². The van der Waals surface area contributed by atoms with Crippen molar-refractivity contribution in [1.29, 1.82) is 0 Å². The lowest BCUT2D eigenvalue weighted by Crippen LogP contribution is -2.47. The van der Waals surface area contributed by atoms with E-state index < -0.39 is 29.3 Å². The van der Waals surface area contributed by atoms with E-state index in [1.807, 2.05) is 0 Å². The average molecular weight is 409 g/mol. The van der Waals surface area contributed by atoms with Gasteiger partial charge in [0.1, 0.15) is 17.6 Å². The fourth-order valence-electron chi connectivity index (χ4n) is 3.71. The molecule has 29 heavy (non-hydrogen) atoms. The highest BCUT2D eigenvalue weighted by Crippen LogP contribution is 2.36. The molecule has 2 aliphatic rings. The lowest BCUT2D eigenvalue weighted by atomic mass is 9.88. The number of amides is 2. The molecule has 0 radical (unpaired) electrons. The Hall–Kier alpha value is -2.88. The van der Waals surface area contributed by atoms with E-state index in [4.69, 9.17) is 9.84 Å². The first kappa shape index (κ1) is 20.8. The van der Waals surface area contributed by atoms with Crippen LogP contribution in [-0.2, 0) is 14.4 Å². The number of hydrogen-bond donors (Lipinski definition) is 4. The average Bonchev–Trinajstić information content (AvgIpc) is 2.64. The number of anilines is 2. The number of carbonyl (C=O) groups excluding carboxylic acids is 2. The molecule has 3 rings (SSSR count). The first-order valence-electron chi connectivity index (χ1n) is 9.38. The Morgan fingerprint density at radius 1 is 1.38 bits per heavy atom. The highest BCUT2D eigenvalue weighted by molar-refractivity contribution is 6.01. The number of nitrogens with zero attached hydrogens (tertiary/aromatic N) is 1. The Balaban J connectivity index is 1.74. The normalized spacial score (nSPS) is 21.5. The van der Waals surface area contributed by atoms with E-state index in [0.717, 1.165) is 0 Å². The Labute approximate surface area is 166 Å². The molecule has 2 heterocycles. The molecule has 2 amide bonds. The topological polar surface area (TPSA) is 128 Å². The van der Waals surface area contributed by atoms with Crippen LogP contribution >= 0.6 is 0 Å². The number of aliphatic carboxylic acids is 1. The van der Waals surface area contributed by atoms with Crippen LogP contribution in [0.15, 0.2) is 12.1 Å². The number of benzene rings is 1. The zero-order valence-electron chi connectivity index (χ0n) is 16.0. The second-order valence-corrected chi connectivity index (χ2v) is 7.43. The van der Waals surface area contributed by atoms with E-state index in [2.05, 4.69) is 10.6 Å². The number of hydrogen-bond acceptors (Lipinski definition) is 7. The van der Waals surface area contributed by atoms with Crippen molar-refractivity contribution < 1.29 is 33.7 Å². The van der Waals surface area contributed by atoms with Crippen LogP contribution in [0, 0.1) is 5.82 Å². The lowest BCUT2D eigenvalue weighted by molar-refractivity contribution is -0.143. The van der Waals surface area contributed by atoms with E-state index in [-0.39, 0.29) is 37.3 Å². The maximum Gasteiger partial charge on any atom is 0.306 e. The second kappa shape index (κ2) is 8.24. The second-order valence-electron chi connectivity index (χ2n) is 7.43. The highest BCUT2D eigenvalue weighted by Gasteiger charge is 2.35. The summed E-state index contributed by atoms with van der Waals surface area (Å²) in [5.74, 6) is -2.09. The van der Waals surface area contributed by atoms with Gasteiger partial charge in [0.2, 0.25) is 11.8 Å². The van der Waals surface area contributed by atoms with Crippen LogP contribution in [0.2, 0.25) is 0 Å². The van der Waals surface area contributed by atoms with Gasteiger partial charge in [0, 0.05) is 31.6 Å². The van der Waals surface area contributed by atoms with Gasteiger partial charge in [-0.15, -0.1) is 0 Å². The van der Waals surface area contributed by atoms with Gasteiger partial charge in [0.25, 0.3) is 0 Å². The number of halogens is 1. The predicted octanol–water partition coefficient (Wildman–Crippen LogP) is 0.857. The fraction of sp³-hybridized carbons (Fsp3) is 0.526. The minimum Gasteiger partial charge on any atom is -0.495 e. The summed E-state index contributed by atoms with van der Waals surface area (Å²) in [6.45, 7) is 0.591. The smallest absolute Gasteiger partial charge is 0.306 e. The van der Waals surface area contributed by atoms with Crippen molar-refractivity contribution in [2.75, 3.05) is 30.4 Å². The highest BCUT2D eigenvalue weighted by atomic mass is 19.1. The van der Waals surface area contributed by atoms with Gasteiger partial charge in [-0.1, -0.05) is 0 Å². The molecule has 4 N–H and O–H groups in total. The van der Waals surface area contributed by atoms with Gasteiger partial charge in [-0.05, 0) is 19.3 Å². The van der Waals surface area contributed by atoms with Crippen molar-refractivity contribution in [3.63, 3.8) is 0 Å². The standard InChI is InChI=1S/C19H24FN3O6/c1-29-15-9-14(23-6-4-19(28,5-7-23)10-17(25)26)11(20)8-13(15)21-12-2-3-16(24)22-18(12)27/h8-9,12,21,28H,2-7,10H2,1H3,(H,25,26)(H,22,24,27). The van der Waals surface area contributed by atoms with Crippen molar-refractivity contribution in [3.8, 4) is 5.75 Å². The molecule has 0 bridgehead atoms. The largest absolute Gasteiger partial charge is 0.495 e. The van der Waals surface area contributed by atoms with Gasteiger partial charge < -0.3 is 25.2 Å². The van der Waals surface area contributed by atoms with Gasteiger partial charge in [0.05, 0.1) is 30.5 Å². The Bertz CT molecular complexity index is 822. The van der Waals surface area contributed by atoms with Crippen molar-refractivity contribution >= 4 is 29.2 Å². The molecule has 2 saturated heterocycles. The summed E-state index contributed by atoms with van der Waals surface area (Å²) in [4.78, 5) is 35.8. The summed E-state index contributed by atoms with van der Waals surface area (Å²) < 4.78 is 20.2. The number of nitrogens with one attached hydrogen (secondary N) is 2. The van der Waals surface area contributed by atoms with Gasteiger partial charge in [-0.3, -0.25) is 19.7 Å². The molecule has 2 fully saturated rings. The van der Waals surface area contributed by atoms with E-state index in [9.17, 15) is 23.9 Å². The molecular weight excluding hydrogens is 385 g/mol. The first-order chi connectivity index (χ1) is 13.7. The third kappa shape index (κ3) is 4.76. The van der Waals surface area contributed by atoms with Crippen LogP contribution in [0.3, 0.4) is 0 Å². The number of methoxy groups -OCH3 is 1. The van der Waals surface area contributed by atoms with Crippen molar-refractivity contribution in [3.05, 3.63) is 17.9 Å². The number of rotatable bonds is 6. The summed E-state index contributed by atoms with van der Waals surface area (Å²) in [7, 11) is 1.43. The number of carboxylic acids is 1. The zero-order chi connectivity index (χ0) is 21.2. The Morgan fingerprint density at radius 2 is 2.07 bits per heavy atom. The van der Waals surface area contributed by atoms with Crippen LogP contribution in [0.5, 0.6) is 5.75 Å². The van der Waals surface area contributed by atoms with E-state index in [0.29, 0.717) is 30.9 Å². The molecule has 158 valence electrons. The summed E-state index contributed by atoms with van der Waals surface area (Å²) in [6, 6.07) is 2.06. The maximum atomic E-state index is 14.8. The molecule has 0 aliphatic carbocycles. The van der Waals surface area contributed by atoms with Crippen LogP contribution in [-0.4, -0.2) is 59.8 Å². The van der Waals surface area contributed by atoms with E-state index >= 15 is 0 Å². The summed E-state index contributed by atoms with van der Waals surface area (Å²) >= 11 is 0. The first-order valence-corrected chi connectivity index (χ1v) is 9.38. The molecule has 1 aromatic carbocycles. The molecule has 0 spiro atoms. The predicted molar refractivity (Wildman–Crippen MR) is 101 cm³/mol. The van der Waals surface area contributed by atoms with Gasteiger partial charge in [-0.2, -0.15) is 0 Å². The molecule has 0 saturated carbocycles. The van der Waals surface area contributed by atoms with Gasteiger partial charge in [0.15, 0.2) is 0 Å². The summed E-state index contributed by atoms with van der Waals surface area (Å²) in [5.41, 5.74) is -0.730. The Kier molecular flexibility index (Phi) is 5.92. The van der Waals surface area contributed by atoms with Crippen LogP contribution in [0.1, 0.15) is 32.1 Å². The Morgan fingerprint density at radius 3 is 2.66 bits per heavy atom. The molecular formula is C19H24FN3O6. The number of piperidine rings is 2. The zero-order valence-corrected chi connectivity index (χ0v) is 16.0. The van der Waals surface area contributed by atoms with Crippen molar-refractivity contribution in [2.45, 2.75) is 43.7 Å². The van der Waals surface area contributed by atoms with Crippen molar-refractivity contribution in [2.24, 2.45) is 0 Å². The van der Waals surface area contributed by atoms with E-state index in [1.165, 1.54) is 19.2 Å². The molecule has 10 heteroatoms. The molecule has 2 aliphatic heterocycles. The number of aliphatic hydroxyl groups is 1. The number of carbonyl (C=O) groups is 3. The third-order valence-corrected chi connectivity index (χ3v) is 5.35. The van der Waals surface area contributed by atoms with Crippen LogP contribution in [0.25, 0.3) is 0 Å². The monoisotopic (exact) mass is 409 g/mol. The quantitative estimate of drug-likeness (QED) is 0.510. The van der Waals surface area contributed by atoms with Crippen LogP contribution in [0.4, 0.5) is 15.8 Å². The minimum absolute atomic E-state index is 0.194. The molecule has 1 unspecified atom stereocenters. The molecule has 0 aromatic heterocycles. The van der Waals surface area contributed by atoms with Crippen molar-refractivity contribution in [1.82, 2.24) is 5.32 Å². The minimum atomic E-state index is -1.30. The number of carboxylic acid groups (broad SMARTS) is 1. The third-order valence-electron chi connectivity index (χ3n) is 5.35. The SMILES string of the molecule is COc1cc(N2CCC(O)(CC(=O)O)CC2)c(F)cc1NC1CCC(=O)NC1=O. The number of imide groups is 1. The maximum absolute atomic E-state index is 14.8. The summed E-state index contributed by atoms with van der Waals surface area (Å²) in [6.07, 6.45) is 0.556.